The molecular weight excluding hydrogens is 274 g/mol. The zero-order valence-corrected chi connectivity index (χ0v) is 14.0. The largest absolute Gasteiger partial charge is 0.396 e. The fourth-order valence-corrected chi connectivity index (χ4v) is 3.86. The quantitative estimate of drug-likeness (QED) is 0.870. The second kappa shape index (κ2) is 7.77. The fourth-order valence-electron chi connectivity index (χ4n) is 3.86. The molecule has 4 atom stereocenters. The molecule has 1 fully saturated rings. The molecule has 1 aliphatic rings. The van der Waals surface area contributed by atoms with E-state index in [1.165, 1.54) is 12.8 Å². The van der Waals surface area contributed by atoms with Crippen LogP contribution in [0.25, 0.3) is 0 Å². The standard InChI is InChI=1S/C19H29NO2/c1-14-9-10-18(15(14)2)16(11-12-21)13-19(22)20(3)17-7-5-4-6-8-17/h4-8,14-16,18,21H,9-13H2,1-3H3/t14-,15-,16?,18+/m1/s1. The summed E-state index contributed by atoms with van der Waals surface area (Å²) in [5.74, 6) is 2.38. The maximum absolute atomic E-state index is 12.6. The van der Waals surface area contributed by atoms with Crippen LogP contribution in [0.2, 0.25) is 0 Å². The Bertz CT molecular complexity index is 474. The van der Waals surface area contributed by atoms with Crippen LogP contribution in [0.1, 0.15) is 39.5 Å². The fraction of sp³-hybridized carbons (Fsp3) is 0.632. The van der Waals surface area contributed by atoms with Crippen molar-refractivity contribution in [1.82, 2.24) is 0 Å². The molecule has 0 radical (unpaired) electrons. The third-order valence-corrected chi connectivity index (χ3v) is 5.59. The van der Waals surface area contributed by atoms with Gasteiger partial charge in [0.1, 0.15) is 0 Å². The van der Waals surface area contributed by atoms with Crippen LogP contribution in [-0.2, 0) is 4.79 Å². The van der Waals surface area contributed by atoms with Crippen molar-refractivity contribution < 1.29 is 9.90 Å². The minimum atomic E-state index is 0.149. The minimum Gasteiger partial charge on any atom is -0.396 e. The van der Waals surface area contributed by atoms with Crippen molar-refractivity contribution in [2.75, 3.05) is 18.6 Å². The molecule has 122 valence electrons. The van der Waals surface area contributed by atoms with Crippen LogP contribution in [-0.4, -0.2) is 24.7 Å². The summed E-state index contributed by atoms with van der Waals surface area (Å²) >= 11 is 0. The lowest BCUT2D eigenvalue weighted by Crippen LogP contribution is -2.31. The molecule has 1 saturated carbocycles. The van der Waals surface area contributed by atoms with Crippen molar-refractivity contribution in [2.45, 2.75) is 39.5 Å². The molecule has 3 nitrogen and oxygen atoms in total. The van der Waals surface area contributed by atoms with Gasteiger partial charge in [-0.05, 0) is 48.6 Å². The highest BCUT2D eigenvalue weighted by Gasteiger charge is 2.36. The van der Waals surface area contributed by atoms with Crippen molar-refractivity contribution in [2.24, 2.45) is 23.7 Å². The molecule has 22 heavy (non-hydrogen) atoms. The van der Waals surface area contributed by atoms with E-state index in [9.17, 15) is 9.90 Å². The number of aliphatic hydroxyl groups excluding tert-OH is 1. The summed E-state index contributed by atoms with van der Waals surface area (Å²) in [7, 11) is 1.84. The van der Waals surface area contributed by atoms with Crippen LogP contribution in [0.15, 0.2) is 30.3 Å². The van der Waals surface area contributed by atoms with Gasteiger partial charge in [0.2, 0.25) is 5.91 Å². The molecule has 1 unspecified atom stereocenters. The monoisotopic (exact) mass is 303 g/mol. The zero-order chi connectivity index (χ0) is 16.1. The first-order valence-corrected chi connectivity index (χ1v) is 8.47. The number of anilines is 1. The average molecular weight is 303 g/mol. The van der Waals surface area contributed by atoms with E-state index in [0.29, 0.717) is 24.2 Å². The van der Waals surface area contributed by atoms with E-state index >= 15 is 0 Å². The number of benzene rings is 1. The van der Waals surface area contributed by atoms with Gasteiger partial charge in [0, 0.05) is 25.8 Å². The first-order chi connectivity index (χ1) is 10.5. The van der Waals surface area contributed by atoms with E-state index in [2.05, 4.69) is 13.8 Å². The number of carbonyl (C=O) groups excluding carboxylic acids is 1. The average Bonchev–Trinajstić information content (AvgIpc) is 2.86. The predicted octanol–water partition coefficient (Wildman–Crippen LogP) is 3.72. The van der Waals surface area contributed by atoms with Gasteiger partial charge in [-0.15, -0.1) is 0 Å². The lowest BCUT2D eigenvalue weighted by atomic mass is 9.79. The van der Waals surface area contributed by atoms with Gasteiger partial charge in [0.25, 0.3) is 0 Å². The summed E-state index contributed by atoms with van der Waals surface area (Å²) in [6.07, 6.45) is 3.70. The molecule has 0 aliphatic heterocycles. The van der Waals surface area contributed by atoms with E-state index in [1.54, 1.807) is 4.90 Å². The molecule has 2 rings (SSSR count). The lowest BCUT2D eigenvalue weighted by Gasteiger charge is -2.29. The Hall–Kier alpha value is -1.35. The maximum atomic E-state index is 12.6. The summed E-state index contributed by atoms with van der Waals surface area (Å²) in [6, 6.07) is 9.77. The number of nitrogens with zero attached hydrogens (tertiary/aromatic N) is 1. The first-order valence-electron chi connectivity index (χ1n) is 8.47. The SMILES string of the molecule is C[C@@H]1[C@H](C)CC[C@@H]1C(CCO)CC(=O)N(C)c1ccccc1. The van der Waals surface area contributed by atoms with E-state index < -0.39 is 0 Å². The van der Waals surface area contributed by atoms with E-state index in [4.69, 9.17) is 0 Å². The van der Waals surface area contributed by atoms with E-state index in [1.807, 2.05) is 37.4 Å². The summed E-state index contributed by atoms with van der Waals surface area (Å²) in [5, 5.41) is 9.39. The summed E-state index contributed by atoms with van der Waals surface area (Å²) in [5.41, 5.74) is 0.933. The Kier molecular flexibility index (Phi) is 6.01. The van der Waals surface area contributed by atoms with Crippen LogP contribution in [0.4, 0.5) is 5.69 Å². The molecule has 1 aromatic rings. The predicted molar refractivity (Wildman–Crippen MR) is 90.7 cm³/mol. The Morgan fingerprint density at radius 3 is 2.50 bits per heavy atom. The second-order valence-corrected chi connectivity index (χ2v) is 6.84. The van der Waals surface area contributed by atoms with Gasteiger partial charge in [-0.25, -0.2) is 0 Å². The molecule has 0 saturated heterocycles. The van der Waals surface area contributed by atoms with Crippen molar-refractivity contribution in [1.29, 1.82) is 0 Å². The topological polar surface area (TPSA) is 40.5 Å². The van der Waals surface area contributed by atoms with Crippen LogP contribution in [0, 0.1) is 23.7 Å². The number of rotatable bonds is 6. The Labute approximate surface area is 134 Å². The second-order valence-electron chi connectivity index (χ2n) is 6.84. The van der Waals surface area contributed by atoms with Crippen LogP contribution < -0.4 is 4.90 Å². The molecule has 1 amide bonds. The van der Waals surface area contributed by atoms with Crippen LogP contribution in [0.5, 0.6) is 0 Å². The third-order valence-electron chi connectivity index (χ3n) is 5.59. The smallest absolute Gasteiger partial charge is 0.227 e. The highest BCUT2D eigenvalue weighted by atomic mass is 16.3. The van der Waals surface area contributed by atoms with E-state index in [-0.39, 0.29) is 12.5 Å². The number of hydrogen-bond acceptors (Lipinski definition) is 2. The van der Waals surface area contributed by atoms with E-state index in [0.717, 1.165) is 18.0 Å². The van der Waals surface area contributed by atoms with Gasteiger partial charge in [0.05, 0.1) is 0 Å². The highest BCUT2D eigenvalue weighted by Crippen LogP contribution is 2.43. The number of aliphatic hydroxyl groups is 1. The maximum Gasteiger partial charge on any atom is 0.227 e. The highest BCUT2D eigenvalue weighted by molar-refractivity contribution is 5.92. The number of hydrogen-bond donors (Lipinski definition) is 1. The molecule has 0 bridgehead atoms. The summed E-state index contributed by atoms with van der Waals surface area (Å²) in [4.78, 5) is 14.4. The molecule has 0 spiro atoms. The normalized spacial score (nSPS) is 25.9. The van der Waals surface area contributed by atoms with Gasteiger partial charge < -0.3 is 10.0 Å². The van der Waals surface area contributed by atoms with Gasteiger partial charge in [0.15, 0.2) is 0 Å². The Morgan fingerprint density at radius 2 is 1.95 bits per heavy atom. The van der Waals surface area contributed by atoms with Crippen molar-refractivity contribution in [3.05, 3.63) is 30.3 Å². The van der Waals surface area contributed by atoms with Crippen LogP contribution >= 0.6 is 0 Å². The lowest BCUT2D eigenvalue weighted by molar-refractivity contribution is -0.119. The number of carbonyl (C=O) groups is 1. The summed E-state index contributed by atoms with van der Waals surface area (Å²) < 4.78 is 0. The zero-order valence-electron chi connectivity index (χ0n) is 14.0. The molecule has 1 aromatic carbocycles. The molecule has 3 heteroatoms. The summed E-state index contributed by atoms with van der Waals surface area (Å²) in [6.45, 7) is 4.78. The molecule has 0 aromatic heterocycles. The number of para-hydroxylation sites is 1. The third kappa shape index (κ3) is 3.89. The van der Waals surface area contributed by atoms with Crippen LogP contribution in [0.3, 0.4) is 0 Å². The van der Waals surface area contributed by atoms with Crippen molar-refractivity contribution in [3.8, 4) is 0 Å². The molecule has 1 aliphatic carbocycles. The number of amides is 1. The first kappa shape index (κ1) is 17.0. The molecular formula is C19H29NO2. The molecule has 1 N–H and O–H groups in total. The Morgan fingerprint density at radius 1 is 1.27 bits per heavy atom. The van der Waals surface area contributed by atoms with Gasteiger partial charge >= 0.3 is 0 Å². The molecule has 0 heterocycles. The van der Waals surface area contributed by atoms with Crippen molar-refractivity contribution in [3.63, 3.8) is 0 Å². The van der Waals surface area contributed by atoms with Gasteiger partial charge in [-0.2, -0.15) is 0 Å². The van der Waals surface area contributed by atoms with Gasteiger partial charge in [-0.3, -0.25) is 4.79 Å². The minimum absolute atomic E-state index is 0.149. The Balaban J connectivity index is 2.03. The van der Waals surface area contributed by atoms with Gasteiger partial charge in [-0.1, -0.05) is 38.5 Å². The van der Waals surface area contributed by atoms with Crippen molar-refractivity contribution >= 4 is 11.6 Å².